The molecule has 0 aromatic heterocycles. The summed E-state index contributed by atoms with van der Waals surface area (Å²) in [5.74, 6) is 0.526. The number of hydrogen-bond donors (Lipinski definition) is 0. The Labute approximate surface area is 88.4 Å². The van der Waals surface area contributed by atoms with Gasteiger partial charge in [-0.15, -0.1) is 0 Å². The van der Waals surface area contributed by atoms with Gasteiger partial charge in [-0.25, -0.2) is 0 Å². The fraction of sp³-hybridized carbons (Fsp3) is 0.182. The smallest absolute Gasteiger partial charge is 0.139 e. The average molecular weight is 208 g/mol. The Morgan fingerprint density at radius 1 is 1.57 bits per heavy atom. The molecule has 1 aromatic carbocycles. The van der Waals surface area contributed by atoms with Crippen LogP contribution in [0.4, 0.5) is 0 Å². The van der Waals surface area contributed by atoms with E-state index in [9.17, 15) is 0 Å². The molecule has 72 valence electrons. The Kier molecular flexibility index (Phi) is 4.03. The van der Waals surface area contributed by atoms with E-state index < -0.39 is 0 Å². The van der Waals surface area contributed by atoms with Gasteiger partial charge in [-0.2, -0.15) is 5.26 Å². The molecule has 0 amide bonds. The topological polar surface area (TPSA) is 33.0 Å². The fourth-order valence-electron chi connectivity index (χ4n) is 0.967. The molecule has 0 aliphatic heterocycles. The molecule has 0 atom stereocenters. The van der Waals surface area contributed by atoms with Crippen LogP contribution in [0.3, 0.4) is 0 Å². The standard InChI is InChI=1S/C11H10ClNO/c1-2-3-7-14-11-6-4-5-10(12)9(11)8-13/h2-6H,7H2,1H3. The van der Waals surface area contributed by atoms with Gasteiger partial charge >= 0.3 is 0 Å². The zero-order valence-electron chi connectivity index (χ0n) is 7.83. The lowest BCUT2D eigenvalue weighted by atomic mass is 10.2. The van der Waals surface area contributed by atoms with Gasteiger partial charge in [0, 0.05) is 0 Å². The first-order valence-electron chi connectivity index (χ1n) is 4.22. The summed E-state index contributed by atoms with van der Waals surface area (Å²) in [6.45, 7) is 2.36. The van der Waals surface area contributed by atoms with E-state index in [1.165, 1.54) is 0 Å². The molecule has 14 heavy (non-hydrogen) atoms. The highest BCUT2D eigenvalue weighted by Gasteiger charge is 2.05. The maximum atomic E-state index is 8.82. The zero-order chi connectivity index (χ0) is 10.4. The van der Waals surface area contributed by atoms with Gasteiger partial charge < -0.3 is 4.74 Å². The predicted octanol–water partition coefficient (Wildman–Crippen LogP) is 3.17. The van der Waals surface area contributed by atoms with E-state index in [0.717, 1.165) is 0 Å². The first-order valence-corrected chi connectivity index (χ1v) is 4.60. The lowest BCUT2D eigenvalue weighted by Crippen LogP contribution is -1.95. The van der Waals surface area contributed by atoms with Gasteiger partial charge in [0.1, 0.15) is 24.0 Å². The van der Waals surface area contributed by atoms with Gasteiger partial charge in [0.15, 0.2) is 0 Å². The van der Waals surface area contributed by atoms with Crippen molar-refractivity contribution in [1.82, 2.24) is 0 Å². The number of halogens is 1. The van der Waals surface area contributed by atoms with Crippen LogP contribution in [0.5, 0.6) is 5.75 Å². The molecule has 1 rings (SSSR count). The second-order valence-electron chi connectivity index (χ2n) is 2.60. The number of benzene rings is 1. The number of ether oxygens (including phenoxy) is 1. The molecule has 1 aromatic rings. The summed E-state index contributed by atoms with van der Waals surface area (Å²) in [4.78, 5) is 0. The third-order valence-electron chi connectivity index (χ3n) is 1.66. The van der Waals surface area contributed by atoms with E-state index in [-0.39, 0.29) is 0 Å². The van der Waals surface area contributed by atoms with Crippen LogP contribution in [0.25, 0.3) is 0 Å². The van der Waals surface area contributed by atoms with E-state index >= 15 is 0 Å². The molecule has 0 aliphatic carbocycles. The van der Waals surface area contributed by atoms with E-state index in [1.54, 1.807) is 18.2 Å². The Balaban J connectivity index is 2.86. The molecule has 0 spiro atoms. The minimum Gasteiger partial charge on any atom is -0.488 e. The predicted molar refractivity (Wildman–Crippen MR) is 56.5 cm³/mol. The molecule has 0 bridgehead atoms. The van der Waals surface area contributed by atoms with E-state index in [4.69, 9.17) is 21.6 Å². The molecule has 0 radical (unpaired) electrons. The van der Waals surface area contributed by atoms with Crippen LogP contribution in [0.15, 0.2) is 30.4 Å². The van der Waals surface area contributed by atoms with Gasteiger partial charge in [-0.3, -0.25) is 0 Å². The van der Waals surface area contributed by atoms with Crippen LogP contribution in [0, 0.1) is 11.3 Å². The van der Waals surface area contributed by atoms with Crippen molar-refractivity contribution in [1.29, 1.82) is 5.26 Å². The van der Waals surface area contributed by atoms with Crippen molar-refractivity contribution < 1.29 is 4.74 Å². The third-order valence-corrected chi connectivity index (χ3v) is 1.97. The molecule has 0 N–H and O–H groups in total. The van der Waals surface area contributed by atoms with Crippen LogP contribution in [-0.2, 0) is 0 Å². The van der Waals surface area contributed by atoms with Crippen molar-refractivity contribution in [3.63, 3.8) is 0 Å². The Bertz CT molecular complexity index is 379. The second-order valence-corrected chi connectivity index (χ2v) is 3.01. The highest BCUT2D eigenvalue weighted by molar-refractivity contribution is 6.31. The molecule has 2 nitrogen and oxygen atoms in total. The number of allylic oxidation sites excluding steroid dienone is 1. The number of nitriles is 1. The van der Waals surface area contributed by atoms with Crippen LogP contribution in [0.1, 0.15) is 12.5 Å². The molecule has 3 heteroatoms. The lowest BCUT2D eigenvalue weighted by Gasteiger charge is -2.05. The maximum Gasteiger partial charge on any atom is 0.139 e. The fourth-order valence-corrected chi connectivity index (χ4v) is 1.18. The molecular formula is C11H10ClNO. The molecule has 0 fully saturated rings. The van der Waals surface area contributed by atoms with Crippen molar-refractivity contribution in [2.45, 2.75) is 6.92 Å². The van der Waals surface area contributed by atoms with E-state index in [0.29, 0.717) is 22.9 Å². The van der Waals surface area contributed by atoms with Crippen molar-refractivity contribution >= 4 is 11.6 Å². The quantitative estimate of drug-likeness (QED) is 0.714. The Morgan fingerprint density at radius 3 is 3.00 bits per heavy atom. The van der Waals surface area contributed by atoms with E-state index in [1.807, 2.05) is 25.1 Å². The first-order chi connectivity index (χ1) is 6.79. The minimum atomic E-state index is 0.388. The van der Waals surface area contributed by atoms with Crippen molar-refractivity contribution in [3.05, 3.63) is 40.9 Å². The molecule has 0 aliphatic rings. The molecule has 0 saturated carbocycles. The summed E-state index contributed by atoms with van der Waals surface area (Å²) in [5, 5.41) is 9.25. The third kappa shape index (κ3) is 2.51. The second kappa shape index (κ2) is 5.31. The summed E-state index contributed by atoms with van der Waals surface area (Å²) in [6, 6.07) is 7.17. The summed E-state index contributed by atoms with van der Waals surface area (Å²) in [6.07, 6.45) is 3.75. The van der Waals surface area contributed by atoms with Crippen molar-refractivity contribution in [2.75, 3.05) is 6.61 Å². The van der Waals surface area contributed by atoms with Gasteiger partial charge in [-0.05, 0) is 19.1 Å². The highest BCUT2D eigenvalue weighted by Crippen LogP contribution is 2.25. The number of nitrogens with zero attached hydrogens (tertiary/aromatic N) is 1. The van der Waals surface area contributed by atoms with E-state index in [2.05, 4.69) is 0 Å². The Morgan fingerprint density at radius 2 is 2.36 bits per heavy atom. The summed E-state index contributed by atoms with van der Waals surface area (Å²) >= 11 is 5.82. The molecule has 0 heterocycles. The number of rotatable bonds is 3. The zero-order valence-corrected chi connectivity index (χ0v) is 8.58. The van der Waals surface area contributed by atoms with Crippen LogP contribution in [0.2, 0.25) is 5.02 Å². The van der Waals surface area contributed by atoms with Crippen LogP contribution in [-0.4, -0.2) is 6.61 Å². The molecule has 0 unspecified atom stereocenters. The average Bonchev–Trinajstić information content (AvgIpc) is 2.18. The van der Waals surface area contributed by atoms with Gasteiger partial charge in [0.25, 0.3) is 0 Å². The van der Waals surface area contributed by atoms with Crippen LogP contribution < -0.4 is 4.74 Å². The number of hydrogen-bond acceptors (Lipinski definition) is 2. The lowest BCUT2D eigenvalue weighted by molar-refractivity contribution is 0.361. The summed E-state index contributed by atoms with van der Waals surface area (Å²) in [5.41, 5.74) is 0.388. The van der Waals surface area contributed by atoms with Gasteiger partial charge in [0.05, 0.1) is 5.02 Å². The summed E-state index contributed by atoms with van der Waals surface area (Å²) in [7, 11) is 0. The van der Waals surface area contributed by atoms with Gasteiger partial charge in [0.2, 0.25) is 0 Å². The van der Waals surface area contributed by atoms with Crippen LogP contribution >= 0.6 is 11.6 Å². The summed E-state index contributed by atoms with van der Waals surface area (Å²) < 4.78 is 5.36. The maximum absolute atomic E-state index is 8.82. The highest BCUT2D eigenvalue weighted by atomic mass is 35.5. The molecular weight excluding hydrogens is 198 g/mol. The monoisotopic (exact) mass is 207 g/mol. The largest absolute Gasteiger partial charge is 0.488 e. The normalized spacial score (nSPS) is 10.1. The Hall–Kier alpha value is -1.46. The SMILES string of the molecule is CC=CCOc1cccc(Cl)c1C#N. The molecule has 0 saturated heterocycles. The first kappa shape index (κ1) is 10.6. The van der Waals surface area contributed by atoms with Crippen molar-refractivity contribution in [2.24, 2.45) is 0 Å². The van der Waals surface area contributed by atoms with Gasteiger partial charge in [-0.1, -0.05) is 29.8 Å². The van der Waals surface area contributed by atoms with Crippen molar-refractivity contribution in [3.8, 4) is 11.8 Å². The minimum absolute atomic E-state index is 0.388.